The number of likely N-dealkylation sites (N-methyl/N-ethyl adjacent to an activating group) is 1. The van der Waals surface area contributed by atoms with Gasteiger partial charge >= 0.3 is 5.97 Å². The summed E-state index contributed by atoms with van der Waals surface area (Å²) in [6, 6.07) is 22.3. The van der Waals surface area contributed by atoms with Crippen LogP contribution in [-0.4, -0.2) is 62.0 Å². The third-order valence-corrected chi connectivity index (χ3v) is 10.5. The normalized spacial score (nSPS) is 15.8. The van der Waals surface area contributed by atoms with E-state index in [1.165, 1.54) is 72.8 Å². The lowest BCUT2D eigenvalue weighted by Gasteiger charge is -2.33. The first kappa shape index (κ1) is 37.8. The van der Waals surface area contributed by atoms with Crippen LogP contribution in [0.2, 0.25) is 0 Å². The first-order valence-electron chi connectivity index (χ1n) is 17.3. The van der Waals surface area contributed by atoms with E-state index in [0.29, 0.717) is 25.1 Å². The average Bonchev–Trinajstić information content (AvgIpc) is 3.65. The van der Waals surface area contributed by atoms with E-state index in [9.17, 15) is 14.1 Å². The summed E-state index contributed by atoms with van der Waals surface area (Å²) >= 11 is -2.57. The van der Waals surface area contributed by atoms with Crippen molar-refractivity contribution in [3.63, 3.8) is 0 Å². The smallest absolute Gasteiger partial charge is 0.341 e. The molecule has 0 radical (unpaired) electrons. The number of aromatic hydroxyl groups is 1. The summed E-state index contributed by atoms with van der Waals surface area (Å²) in [5, 5.41) is 18.2. The number of rotatable bonds is 7. The largest absolute Gasteiger partial charge is 0.504 e. The number of carbonyl (C=O) groups is 1. The van der Waals surface area contributed by atoms with Crippen LogP contribution in [0.4, 0.5) is 17.6 Å². The Morgan fingerprint density at radius 1 is 0.948 bits per heavy atom. The fourth-order valence-electron chi connectivity index (χ4n) is 6.77. The van der Waals surface area contributed by atoms with E-state index in [0.717, 1.165) is 12.1 Å². The van der Waals surface area contributed by atoms with Gasteiger partial charge in [-0.3, -0.25) is 10.4 Å². The highest BCUT2D eigenvalue weighted by atomic mass is 32.2. The molecule has 4 aromatic carbocycles. The molecule has 0 spiro atoms. The van der Waals surface area contributed by atoms with E-state index in [2.05, 4.69) is 15.0 Å². The summed E-state index contributed by atoms with van der Waals surface area (Å²) in [5.74, 6) is -11.3. The Balaban J connectivity index is 1.46. The zero-order valence-electron chi connectivity index (χ0n) is 30.0. The molecule has 58 heavy (non-hydrogen) atoms. The summed E-state index contributed by atoms with van der Waals surface area (Å²) in [6.45, 7) is 0.806. The zero-order chi connectivity index (χ0) is 40.9. The van der Waals surface area contributed by atoms with Crippen LogP contribution in [-0.2, 0) is 25.5 Å². The number of amidine groups is 2. The fraction of sp³-hybridized carbons (Fsp3) is 0.0976. The maximum atomic E-state index is 17.7. The minimum absolute atomic E-state index is 0.00721. The molecule has 3 aliphatic rings. The number of aliphatic imine (C=N–C) groups is 1. The lowest BCUT2D eigenvalue weighted by atomic mass is 9.71. The number of ether oxygens (including phenoxy) is 2. The molecule has 1 unspecified atom stereocenters. The molecule has 4 bridgehead atoms. The molecular weight excluding hydrogens is 781 g/mol. The molecule has 17 heteroatoms. The fourth-order valence-corrected chi connectivity index (χ4v) is 7.52. The van der Waals surface area contributed by atoms with Crippen molar-refractivity contribution in [3.8, 4) is 40.1 Å². The number of phenolic OH excluding ortho intramolecular Hbond substituents is 1. The number of pyridine rings is 2. The molecule has 0 amide bonds. The van der Waals surface area contributed by atoms with Crippen LogP contribution in [0.1, 0.15) is 27.9 Å². The Labute approximate surface area is 329 Å². The van der Waals surface area contributed by atoms with Crippen LogP contribution in [0, 0.1) is 28.7 Å². The molecule has 6 aromatic rings. The molecule has 0 aliphatic carbocycles. The number of benzene rings is 4. The van der Waals surface area contributed by atoms with Gasteiger partial charge in [0, 0.05) is 19.2 Å². The van der Waals surface area contributed by atoms with Gasteiger partial charge in [0.25, 0.3) is 5.88 Å². The van der Waals surface area contributed by atoms with Crippen molar-refractivity contribution < 1.29 is 45.3 Å². The number of hydrogen-bond donors (Lipinski definition) is 3. The van der Waals surface area contributed by atoms with Gasteiger partial charge in [-0.25, -0.2) is 36.5 Å². The topological polar surface area (TPSA) is 173 Å². The van der Waals surface area contributed by atoms with E-state index in [-0.39, 0.29) is 32.9 Å². The SMILES string of the molecule is CN1CCN=C1c1cc2ccc1Oc1c(F)c(-c3c(F)cnc(Oc4cc(C(=N)N)ccc4O)c3F)nc(c1F)C(c1ccccc1)(c1ccccc1)C(=O)OS2=O. The van der Waals surface area contributed by atoms with Crippen LogP contribution in [0.15, 0.2) is 113 Å². The number of nitrogens with two attached hydrogens (primary N) is 1. The second-order valence-corrected chi connectivity index (χ2v) is 14.1. The summed E-state index contributed by atoms with van der Waals surface area (Å²) in [7, 11) is 1.70. The minimum Gasteiger partial charge on any atom is -0.504 e. The number of hydrogen-bond acceptors (Lipinski definition) is 11. The van der Waals surface area contributed by atoms with E-state index in [1.54, 1.807) is 24.1 Å². The monoisotopic (exact) mass is 808 g/mol. The van der Waals surface area contributed by atoms with E-state index in [4.69, 9.17) is 24.8 Å². The number of carbonyl (C=O) groups excluding carboxylic acids is 1. The van der Waals surface area contributed by atoms with Gasteiger partial charge in [-0.1, -0.05) is 60.7 Å². The van der Waals surface area contributed by atoms with Crippen LogP contribution >= 0.6 is 0 Å². The first-order chi connectivity index (χ1) is 27.9. The molecule has 0 saturated carbocycles. The Kier molecular flexibility index (Phi) is 9.60. The number of nitrogens with one attached hydrogen (secondary N) is 1. The maximum Gasteiger partial charge on any atom is 0.341 e. The number of fused-ring (bicyclic) bond motifs is 5. The molecule has 1 atom stereocenters. The van der Waals surface area contributed by atoms with Gasteiger partial charge in [-0.2, -0.15) is 0 Å². The zero-order valence-corrected chi connectivity index (χ0v) is 30.8. The molecule has 5 heterocycles. The van der Waals surface area contributed by atoms with Crippen molar-refractivity contribution in [2.75, 3.05) is 20.1 Å². The molecule has 3 aliphatic heterocycles. The van der Waals surface area contributed by atoms with Gasteiger partial charge in [0.1, 0.15) is 28.8 Å². The number of nitrogen functional groups attached to an aromatic ring is 1. The number of phenols is 1. The molecular formula is C41H28F4N6O6S. The lowest BCUT2D eigenvalue weighted by molar-refractivity contribution is -0.137. The van der Waals surface area contributed by atoms with Crippen molar-refractivity contribution in [1.29, 1.82) is 5.41 Å². The highest BCUT2D eigenvalue weighted by Crippen LogP contribution is 2.48. The van der Waals surface area contributed by atoms with Gasteiger partial charge in [-0.15, -0.1) is 0 Å². The van der Waals surface area contributed by atoms with E-state index >= 15 is 17.6 Å². The maximum absolute atomic E-state index is 17.7. The van der Waals surface area contributed by atoms with Crippen molar-refractivity contribution in [1.82, 2.24) is 14.9 Å². The van der Waals surface area contributed by atoms with E-state index < -0.39 is 91.6 Å². The predicted octanol–water partition coefficient (Wildman–Crippen LogP) is 6.88. The van der Waals surface area contributed by atoms with Crippen LogP contribution < -0.4 is 15.2 Å². The van der Waals surface area contributed by atoms with Crippen LogP contribution in [0.25, 0.3) is 11.3 Å². The minimum atomic E-state index is -2.57. The Morgan fingerprint density at radius 3 is 2.28 bits per heavy atom. The van der Waals surface area contributed by atoms with Crippen LogP contribution in [0.5, 0.6) is 28.9 Å². The summed E-state index contributed by atoms with van der Waals surface area (Å²) in [6.07, 6.45) is 0.479. The average molecular weight is 809 g/mol. The second kappa shape index (κ2) is 14.7. The first-order valence-corrected chi connectivity index (χ1v) is 18.4. The number of aromatic nitrogens is 2. The van der Waals surface area contributed by atoms with Gasteiger partial charge in [0.2, 0.25) is 16.8 Å². The van der Waals surface area contributed by atoms with Crippen molar-refractivity contribution in [2.45, 2.75) is 10.3 Å². The van der Waals surface area contributed by atoms with E-state index in [1.807, 2.05) is 0 Å². The molecule has 4 N–H and O–H groups in total. The van der Waals surface area contributed by atoms with Gasteiger partial charge in [0.05, 0.1) is 28.8 Å². The Hall–Kier alpha value is -7.14. The third kappa shape index (κ3) is 6.25. The van der Waals surface area contributed by atoms with Crippen molar-refractivity contribution in [2.24, 2.45) is 10.7 Å². The Morgan fingerprint density at radius 2 is 1.64 bits per heavy atom. The summed E-state index contributed by atoms with van der Waals surface area (Å²) < 4.78 is 98.9. The molecule has 0 fully saturated rings. The molecule has 292 valence electrons. The van der Waals surface area contributed by atoms with Crippen molar-refractivity contribution in [3.05, 3.63) is 154 Å². The molecule has 0 saturated heterocycles. The van der Waals surface area contributed by atoms with Crippen molar-refractivity contribution >= 4 is 28.7 Å². The van der Waals surface area contributed by atoms with Gasteiger partial charge < -0.3 is 29.4 Å². The quantitative estimate of drug-likeness (QED) is 0.0877. The highest BCUT2D eigenvalue weighted by molar-refractivity contribution is 7.80. The lowest BCUT2D eigenvalue weighted by Crippen LogP contribution is -2.42. The highest BCUT2D eigenvalue weighted by Gasteiger charge is 2.52. The number of halogens is 4. The predicted molar refractivity (Wildman–Crippen MR) is 202 cm³/mol. The summed E-state index contributed by atoms with van der Waals surface area (Å²) in [4.78, 5) is 29.0. The molecule has 12 nitrogen and oxygen atoms in total. The third-order valence-electron chi connectivity index (χ3n) is 9.57. The van der Waals surface area contributed by atoms with Gasteiger partial charge in [-0.05, 0) is 47.5 Å². The molecule has 2 aromatic heterocycles. The summed E-state index contributed by atoms with van der Waals surface area (Å²) in [5.41, 5.74) is -0.166. The second-order valence-electron chi connectivity index (χ2n) is 13.0. The molecule has 9 rings (SSSR count). The van der Waals surface area contributed by atoms with Crippen LogP contribution in [0.3, 0.4) is 0 Å². The Bertz CT molecular complexity index is 2680. The number of nitrogens with zero attached hydrogens (tertiary/aromatic N) is 4. The van der Waals surface area contributed by atoms with Gasteiger partial charge in [0.15, 0.2) is 40.2 Å². The standard InChI is InChI=1S/C41H28F4N6O6S/c1-51-17-16-48-38(51)25-19-24-13-15-28(25)55-35-32(44)34(30-26(42)20-49-39(31(30)43)56-29-18-21(37(46)47)12-14-27(29)52)50-36(33(35)45)41(40(53)57-58(24)54,22-8-4-2-5-9-22)23-10-6-3-7-11-23/h2-15,18-20,52H,16-17H2,1H3,(H3,46,47).